The Hall–Kier alpha value is -2.46. The molecule has 0 aliphatic heterocycles. The van der Waals surface area contributed by atoms with Crippen LogP contribution in [-0.2, 0) is 13.1 Å². The van der Waals surface area contributed by atoms with Crippen molar-refractivity contribution in [3.8, 4) is 0 Å². The number of aromatic nitrogens is 4. The van der Waals surface area contributed by atoms with Gasteiger partial charge in [-0.25, -0.2) is 4.39 Å². The molecular formula is C22H18BrCl2FN6S. The summed E-state index contributed by atoms with van der Waals surface area (Å²) in [7, 11) is 0. The summed E-state index contributed by atoms with van der Waals surface area (Å²) in [5.41, 5.74) is 2.62. The van der Waals surface area contributed by atoms with Gasteiger partial charge in [0.2, 0.25) is 0 Å². The normalized spacial score (nSPS) is 10.9. The fraction of sp³-hybridized carbons (Fsp3) is 0.136. The van der Waals surface area contributed by atoms with Gasteiger partial charge in [-0.3, -0.25) is 9.36 Å². The minimum absolute atomic E-state index is 0.336. The van der Waals surface area contributed by atoms with Crippen molar-refractivity contribution in [2.45, 2.75) is 20.0 Å². The lowest BCUT2D eigenvalue weighted by Crippen LogP contribution is -2.20. The SMILES string of the molecule is Cc1cc(NC(=S)Nc2nn(Cc3ccccc3Cl)cc2Br)nn1Cc1ccc(F)cc1Cl. The molecule has 0 spiro atoms. The average Bonchev–Trinajstić information content (AvgIpc) is 3.27. The number of nitrogens with one attached hydrogen (secondary N) is 2. The molecule has 4 aromatic rings. The molecule has 2 aromatic carbocycles. The highest BCUT2D eigenvalue weighted by Crippen LogP contribution is 2.23. The summed E-state index contributed by atoms with van der Waals surface area (Å²) in [6, 6.07) is 13.8. The van der Waals surface area contributed by atoms with Gasteiger partial charge in [0.25, 0.3) is 0 Å². The zero-order valence-corrected chi connectivity index (χ0v) is 21.2. The van der Waals surface area contributed by atoms with Crippen molar-refractivity contribution in [3.05, 3.63) is 91.9 Å². The van der Waals surface area contributed by atoms with Crippen molar-refractivity contribution in [3.63, 3.8) is 0 Å². The molecule has 0 amide bonds. The second kappa shape index (κ2) is 10.2. The fourth-order valence-electron chi connectivity index (χ4n) is 3.16. The summed E-state index contributed by atoms with van der Waals surface area (Å²) in [5.74, 6) is 0.754. The maximum absolute atomic E-state index is 13.3. The molecule has 2 aromatic heterocycles. The molecule has 0 atom stereocenters. The van der Waals surface area contributed by atoms with Gasteiger partial charge in [-0.15, -0.1) is 0 Å². The van der Waals surface area contributed by atoms with Crippen molar-refractivity contribution in [1.82, 2.24) is 19.6 Å². The van der Waals surface area contributed by atoms with Crippen LogP contribution in [0.2, 0.25) is 10.0 Å². The number of hydrogen-bond acceptors (Lipinski definition) is 3. The maximum atomic E-state index is 13.3. The van der Waals surface area contributed by atoms with E-state index in [0.29, 0.717) is 39.9 Å². The van der Waals surface area contributed by atoms with Crippen LogP contribution in [0, 0.1) is 12.7 Å². The molecule has 0 saturated heterocycles. The molecule has 2 N–H and O–H groups in total. The number of anilines is 2. The van der Waals surface area contributed by atoms with Crippen molar-refractivity contribution in [2.75, 3.05) is 10.6 Å². The van der Waals surface area contributed by atoms with Gasteiger partial charge in [-0.1, -0.05) is 47.5 Å². The summed E-state index contributed by atoms with van der Waals surface area (Å²) in [5, 5.41) is 16.5. The number of aryl methyl sites for hydroxylation is 1. The first kappa shape index (κ1) is 23.7. The summed E-state index contributed by atoms with van der Waals surface area (Å²) in [4.78, 5) is 0. The Labute approximate surface area is 213 Å². The van der Waals surface area contributed by atoms with E-state index in [0.717, 1.165) is 21.3 Å². The van der Waals surface area contributed by atoms with E-state index in [1.54, 1.807) is 15.4 Å². The molecule has 0 fully saturated rings. The highest BCUT2D eigenvalue weighted by molar-refractivity contribution is 9.10. The standard InChI is InChI=1S/C22H18BrCl2FN6S/c1-13-8-20(29-32(13)11-15-6-7-16(26)9-19(15)25)27-22(33)28-21-17(23)12-31(30-21)10-14-4-2-3-5-18(14)24/h2-9,12H,10-11H2,1H3,(H2,27,28,29,30,33). The molecule has 4 rings (SSSR count). The van der Waals surface area contributed by atoms with Gasteiger partial charge in [0.05, 0.1) is 17.6 Å². The third-order valence-electron chi connectivity index (χ3n) is 4.80. The van der Waals surface area contributed by atoms with Gasteiger partial charge in [0, 0.05) is 28.0 Å². The van der Waals surface area contributed by atoms with E-state index in [1.165, 1.54) is 12.1 Å². The Morgan fingerprint density at radius 3 is 2.55 bits per heavy atom. The Kier molecular flexibility index (Phi) is 7.33. The van der Waals surface area contributed by atoms with Crippen LogP contribution in [0.4, 0.5) is 16.0 Å². The third-order valence-corrected chi connectivity index (χ3v) is 6.30. The van der Waals surface area contributed by atoms with Crippen LogP contribution < -0.4 is 10.6 Å². The molecule has 170 valence electrons. The molecule has 0 bridgehead atoms. The molecule has 0 radical (unpaired) electrons. The van der Waals surface area contributed by atoms with Crippen LogP contribution in [0.5, 0.6) is 0 Å². The highest BCUT2D eigenvalue weighted by atomic mass is 79.9. The third kappa shape index (κ3) is 5.92. The minimum Gasteiger partial charge on any atom is -0.316 e. The van der Waals surface area contributed by atoms with E-state index in [1.807, 2.05) is 43.5 Å². The van der Waals surface area contributed by atoms with E-state index >= 15 is 0 Å². The van der Waals surface area contributed by atoms with Crippen LogP contribution in [0.3, 0.4) is 0 Å². The molecule has 0 aliphatic carbocycles. The lowest BCUT2D eigenvalue weighted by molar-refractivity contribution is 0.623. The average molecular weight is 568 g/mol. The fourth-order valence-corrected chi connectivity index (χ4v) is 4.20. The van der Waals surface area contributed by atoms with Gasteiger partial charge >= 0.3 is 0 Å². The van der Waals surface area contributed by atoms with Crippen LogP contribution in [0.25, 0.3) is 0 Å². The van der Waals surface area contributed by atoms with Crippen molar-refractivity contribution in [1.29, 1.82) is 0 Å². The molecule has 11 heteroatoms. The van der Waals surface area contributed by atoms with Crippen LogP contribution in [0.1, 0.15) is 16.8 Å². The zero-order valence-electron chi connectivity index (χ0n) is 17.3. The number of benzene rings is 2. The van der Waals surface area contributed by atoms with E-state index in [-0.39, 0.29) is 5.82 Å². The smallest absolute Gasteiger partial charge is 0.177 e. The lowest BCUT2D eigenvalue weighted by Gasteiger charge is -2.08. The Morgan fingerprint density at radius 1 is 1.03 bits per heavy atom. The van der Waals surface area contributed by atoms with Crippen LogP contribution in [-0.4, -0.2) is 24.7 Å². The summed E-state index contributed by atoms with van der Waals surface area (Å²) in [6.45, 7) is 2.85. The number of nitrogens with zero attached hydrogens (tertiary/aromatic N) is 4. The number of thiocarbonyl (C=S) groups is 1. The first-order valence-electron chi connectivity index (χ1n) is 9.81. The first-order chi connectivity index (χ1) is 15.8. The van der Waals surface area contributed by atoms with E-state index in [4.69, 9.17) is 35.4 Å². The second-order valence-electron chi connectivity index (χ2n) is 7.26. The second-order valence-corrected chi connectivity index (χ2v) is 9.34. The van der Waals surface area contributed by atoms with Crippen LogP contribution >= 0.6 is 51.3 Å². The predicted octanol–water partition coefficient (Wildman–Crippen LogP) is 6.50. The Morgan fingerprint density at radius 2 is 1.79 bits per heavy atom. The molecule has 0 unspecified atom stereocenters. The van der Waals surface area contributed by atoms with Crippen LogP contribution in [0.15, 0.2) is 59.2 Å². The lowest BCUT2D eigenvalue weighted by atomic mass is 10.2. The summed E-state index contributed by atoms with van der Waals surface area (Å²) < 4.78 is 17.6. The van der Waals surface area contributed by atoms with Crippen molar-refractivity contribution in [2.24, 2.45) is 0 Å². The van der Waals surface area contributed by atoms with Crippen molar-refractivity contribution < 1.29 is 4.39 Å². The molecule has 6 nitrogen and oxygen atoms in total. The maximum Gasteiger partial charge on any atom is 0.177 e. The van der Waals surface area contributed by atoms with E-state index in [2.05, 4.69) is 36.8 Å². The minimum atomic E-state index is -0.375. The molecule has 0 saturated carbocycles. The van der Waals surface area contributed by atoms with Gasteiger partial charge in [-0.2, -0.15) is 10.2 Å². The van der Waals surface area contributed by atoms with Gasteiger partial charge in [0.15, 0.2) is 16.7 Å². The first-order valence-corrected chi connectivity index (χ1v) is 11.8. The van der Waals surface area contributed by atoms with Gasteiger partial charge < -0.3 is 10.6 Å². The molecular weight excluding hydrogens is 550 g/mol. The zero-order chi connectivity index (χ0) is 23.5. The summed E-state index contributed by atoms with van der Waals surface area (Å²) >= 11 is 21.3. The molecule has 33 heavy (non-hydrogen) atoms. The monoisotopic (exact) mass is 566 g/mol. The predicted molar refractivity (Wildman–Crippen MR) is 138 cm³/mol. The van der Waals surface area contributed by atoms with Gasteiger partial charge in [-0.05, 0) is 64.4 Å². The number of hydrogen-bond donors (Lipinski definition) is 2. The number of halogens is 4. The summed E-state index contributed by atoms with van der Waals surface area (Å²) in [6.07, 6.45) is 1.85. The Balaban J connectivity index is 1.41. The highest BCUT2D eigenvalue weighted by Gasteiger charge is 2.12. The molecule has 2 heterocycles. The van der Waals surface area contributed by atoms with E-state index < -0.39 is 0 Å². The quantitative estimate of drug-likeness (QED) is 0.260. The van der Waals surface area contributed by atoms with E-state index in [9.17, 15) is 4.39 Å². The van der Waals surface area contributed by atoms with Crippen molar-refractivity contribution >= 4 is 68.1 Å². The Bertz CT molecular complexity index is 1320. The van der Waals surface area contributed by atoms with Gasteiger partial charge in [0.1, 0.15) is 5.82 Å². The molecule has 0 aliphatic rings. The number of rotatable bonds is 6. The largest absolute Gasteiger partial charge is 0.316 e. The topological polar surface area (TPSA) is 59.7 Å².